The molecule has 206 valence electrons. The van der Waals surface area contributed by atoms with Gasteiger partial charge in [-0.1, -0.05) is 0 Å². The molecule has 39 heavy (non-hydrogen) atoms. The van der Waals surface area contributed by atoms with Gasteiger partial charge in [0.05, 0.1) is 12.4 Å². The molecular weight excluding hydrogens is 502 g/mol. The number of aryl methyl sites for hydroxylation is 1. The molecule has 3 heterocycles. The van der Waals surface area contributed by atoms with Crippen molar-refractivity contribution in [2.45, 2.75) is 70.0 Å². The number of hydrogen-bond donors (Lipinski definition) is 2. The van der Waals surface area contributed by atoms with Gasteiger partial charge < -0.3 is 20.1 Å². The first-order chi connectivity index (χ1) is 18.6. The van der Waals surface area contributed by atoms with E-state index >= 15 is 0 Å². The minimum absolute atomic E-state index is 0.00550. The van der Waals surface area contributed by atoms with Crippen molar-refractivity contribution in [3.05, 3.63) is 77.5 Å². The van der Waals surface area contributed by atoms with E-state index in [1.165, 1.54) is 11.6 Å². The maximum absolute atomic E-state index is 14.3. The summed E-state index contributed by atoms with van der Waals surface area (Å²) in [4.78, 5) is 36.6. The Bertz CT molecular complexity index is 1360. The lowest BCUT2D eigenvalue weighted by Crippen LogP contribution is -2.46. The van der Waals surface area contributed by atoms with Crippen LogP contribution in [0.1, 0.15) is 56.2 Å². The molecule has 1 aromatic carbocycles. The number of fused-ring (bicyclic) bond motifs is 1. The number of likely N-dealkylation sites (tertiary alicyclic amines) is 1. The van der Waals surface area contributed by atoms with Gasteiger partial charge in [0.1, 0.15) is 17.2 Å². The molecule has 3 aromatic rings. The highest BCUT2D eigenvalue weighted by molar-refractivity contribution is 5.93. The van der Waals surface area contributed by atoms with Gasteiger partial charge in [-0.2, -0.15) is 0 Å². The van der Waals surface area contributed by atoms with E-state index in [1.54, 1.807) is 36.4 Å². The first-order valence-electron chi connectivity index (χ1n) is 13.4. The number of carbonyl (C=O) groups is 2. The first-order valence-corrected chi connectivity index (χ1v) is 13.4. The highest BCUT2D eigenvalue weighted by Gasteiger charge is 2.38. The summed E-state index contributed by atoms with van der Waals surface area (Å²) in [5.74, 6) is -0.762. The third kappa shape index (κ3) is 5.71. The number of nitrogens with one attached hydrogen (secondary N) is 2. The van der Waals surface area contributed by atoms with Crippen LogP contribution in [0.25, 0.3) is 0 Å². The lowest BCUT2D eigenvalue weighted by molar-refractivity contribution is -0.138. The van der Waals surface area contributed by atoms with Crippen molar-refractivity contribution in [2.24, 2.45) is 0 Å². The van der Waals surface area contributed by atoms with Gasteiger partial charge in [0.2, 0.25) is 11.8 Å². The zero-order valence-electron chi connectivity index (χ0n) is 22.5. The van der Waals surface area contributed by atoms with Crippen molar-refractivity contribution in [3.63, 3.8) is 0 Å². The normalized spacial score (nSPS) is 20.0. The van der Waals surface area contributed by atoms with Gasteiger partial charge in [-0.3, -0.25) is 14.6 Å². The van der Waals surface area contributed by atoms with E-state index in [2.05, 4.69) is 20.6 Å². The summed E-state index contributed by atoms with van der Waals surface area (Å²) >= 11 is 0. The fourth-order valence-electron chi connectivity index (χ4n) is 5.64. The van der Waals surface area contributed by atoms with Gasteiger partial charge >= 0.3 is 0 Å². The number of amides is 2. The Morgan fingerprint density at radius 1 is 1.15 bits per heavy atom. The Morgan fingerprint density at radius 3 is 2.69 bits per heavy atom. The van der Waals surface area contributed by atoms with Crippen LogP contribution in [-0.2, 0) is 28.0 Å². The molecule has 2 aromatic heterocycles. The summed E-state index contributed by atoms with van der Waals surface area (Å²) in [5.41, 5.74) is 1.49. The van der Waals surface area contributed by atoms with Gasteiger partial charge in [-0.25, -0.2) is 13.8 Å². The van der Waals surface area contributed by atoms with Crippen LogP contribution in [0.15, 0.2) is 49.2 Å². The molecule has 0 radical (unpaired) electrons. The molecule has 2 N–H and O–H groups in total. The van der Waals surface area contributed by atoms with Crippen LogP contribution >= 0.6 is 0 Å². The quantitative estimate of drug-likeness (QED) is 0.480. The molecule has 1 aliphatic carbocycles. The Kier molecular flexibility index (Phi) is 7.48. The van der Waals surface area contributed by atoms with Crippen LogP contribution in [-0.4, -0.2) is 56.4 Å². The van der Waals surface area contributed by atoms with Crippen molar-refractivity contribution in [2.75, 3.05) is 18.4 Å². The molecule has 2 amide bonds. The minimum atomic E-state index is -0.883. The second-order valence-electron chi connectivity index (χ2n) is 11.1. The minimum Gasteiger partial charge on any atom is -0.340 e. The molecule has 2 aliphatic rings. The number of rotatable bonds is 7. The van der Waals surface area contributed by atoms with Crippen molar-refractivity contribution < 1.29 is 18.4 Å². The van der Waals surface area contributed by atoms with E-state index in [1.807, 2.05) is 30.9 Å². The predicted molar refractivity (Wildman–Crippen MR) is 143 cm³/mol. The van der Waals surface area contributed by atoms with E-state index in [-0.39, 0.29) is 23.8 Å². The van der Waals surface area contributed by atoms with Gasteiger partial charge in [0.15, 0.2) is 5.82 Å². The molecule has 1 saturated heterocycles. The molecule has 1 fully saturated rings. The largest absolute Gasteiger partial charge is 0.340 e. The van der Waals surface area contributed by atoms with Crippen LogP contribution in [0.5, 0.6) is 0 Å². The zero-order chi connectivity index (χ0) is 27.7. The van der Waals surface area contributed by atoms with Crippen LogP contribution in [0.4, 0.5) is 14.6 Å². The monoisotopic (exact) mass is 536 g/mol. The molecule has 0 bridgehead atoms. The molecular formula is C29H34F2N6O2. The van der Waals surface area contributed by atoms with E-state index in [4.69, 9.17) is 0 Å². The lowest BCUT2D eigenvalue weighted by Gasteiger charge is -2.30. The lowest BCUT2D eigenvalue weighted by atomic mass is 9.87. The Hall–Kier alpha value is -3.66. The van der Waals surface area contributed by atoms with Gasteiger partial charge in [0, 0.05) is 49.7 Å². The summed E-state index contributed by atoms with van der Waals surface area (Å²) in [6, 6.07) is 5.62. The van der Waals surface area contributed by atoms with Crippen LogP contribution in [0.3, 0.4) is 0 Å². The number of imidazole rings is 1. The molecule has 1 aliphatic heterocycles. The molecule has 8 nitrogen and oxygen atoms in total. The number of halogens is 2. The summed E-state index contributed by atoms with van der Waals surface area (Å²) in [6.07, 6.45) is 9.29. The SMILES string of the molecule is C[C@H](NC1CCc2cc(F)cc(F)c2C1)C(=O)Nc1cn(C(C)(C)C(=O)N2CCC(c3ccncc3)C2)cn1. The molecule has 2 unspecified atom stereocenters. The number of nitrogens with zero attached hydrogens (tertiary/aromatic N) is 4. The second kappa shape index (κ2) is 10.8. The number of benzene rings is 1. The van der Waals surface area contributed by atoms with Crippen molar-refractivity contribution in [1.29, 1.82) is 0 Å². The summed E-state index contributed by atoms with van der Waals surface area (Å²) in [6.45, 7) is 6.76. The molecule has 5 rings (SSSR count). The summed E-state index contributed by atoms with van der Waals surface area (Å²) in [7, 11) is 0. The summed E-state index contributed by atoms with van der Waals surface area (Å²) in [5, 5.41) is 6.07. The van der Waals surface area contributed by atoms with E-state index in [9.17, 15) is 18.4 Å². The Morgan fingerprint density at radius 2 is 1.92 bits per heavy atom. The van der Waals surface area contributed by atoms with Crippen molar-refractivity contribution >= 4 is 17.6 Å². The number of pyridine rings is 1. The number of anilines is 1. The average molecular weight is 537 g/mol. The number of aromatic nitrogens is 3. The number of carbonyl (C=O) groups excluding carboxylic acids is 2. The van der Waals surface area contributed by atoms with Gasteiger partial charge in [-0.15, -0.1) is 0 Å². The molecule has 0 spiro atoms. The third-order valence-corrected chi connectivity index (χ3v) is 8.00. The zero-order valence-corrected chi connectivity index (χ0v) is 22.5. The van der Waals surface area contributed by atoms with E-state index in [0.29, 0.717) is 49.3 Å². The maximum Gasteiger partial charge on any atom is 0.248 e. The van der Waals surface area contributed by atoms with Gasteiger partial charge in [0.25, 0.3) is 0 Å². The third-order valence-electron chi connectivity index (χ3n) is 8.00. The van der Waals surface area contributed by atoms with Crippen LogP contribution < -0.4 is 10.6 Å². The fourth-order valence-corrected chi connectivity index (χ4v) is 5.64. The highest BCUT2D eigenvalue weighted by atomic mass is 19.1. The number of hydrogen-bond acceptors (Lipinski definition) is 5. The predicted octanol–water partition coefficient (Wildman–Crippen LogP) is 3.78. The van der Waals surface area contributed by atoms with Crippen LogP contribution in [0.2, 0.25) is 0 Å². The topological polar surface area (TPSA) is 92.2 Å². The Balaban J connectivity index is 1.17. The second-order valence-corrected chi connectivity index (χ2v) is 11.1. The fraction of sp³-hybridized carbons (Fsp3) is 0.448. The summed E-state index contributed by atoms with van der Waals surface area (Å²) < 4.78 is 29.5. The van der Waals surface area contributed by atoms with Crippen molar-refractivity contribution in [1.82, 2.24) is 24.8 Å². The smallest absolute Gasteiger partial charge is 0.248 e. The Labute approximate surface area is 226 Å². The molecule has 3 atom stereocenters. The standard InChI is InChI=1S/C29H34F2N6O2/c1-18(34-23-5-4-20-12-22(30)13-25(31)24(20)14-23)27(38)35-26-16-37(17-33-26)29(2,3)28(39)36-11-8-21(15-36)19-6-9-32-10-7-19/h6-7,9-10,12-13,16-18,21,23,34H,4-5,8,11,14-15H2,1-3H3,(H,35,38)/t18-,21?,23?/m0/s1. The highest BCUT2D eigenvalue weighted by Crippen LogP contribution is 2.30. The molecule has 0 saturated carbocycles. The van der Waals surface area contributed by atoms with E-state index < -0.39 is 23.2 Å². The van der Waals surface area contributed by atoms with Gasteiger partial charge in [-0.05, 0) is 81.3 Å². The van der Waals surface area contributed by atoms with Crippen molar-refractivity contribution in [3.8, 4) is 0 Å². The maximum atomic E-state index is 14.3. The van der Waals surface area contributed by atoms with Crippen LogP contribution in [0, 0.1) is 11.6 Å². The first kappa shape index (κ1) is 26.9. The average Bonchev–Trinajstić information content (AvgIpc) is 3.60. The van der Waals surface area contributed by atoms with E-state index in [0.717, 1.165) is 12.5 Å². The molecule has 10 heteroatoms.